The van der Waals surface area contributed by atoms with Crippen molar-refractivity contribution in [2.75, 3.05) is 13.1 Å². The molecule has 7 nitrogen and oxygen atoms in total. The number of hydrogen-bond acceptors (Lipinski definition) is 5. The molecule has 0 saturated heterocycles. The topological polar surface area (TPSA) is 115 Å². The molecule has 0 aromatic heterocycles. The van der Waals surface area contributed by atoms with E-state index in [4.69, 9.17) is 5.73 Å². The zero-order chi connectivity index (χ0) is 13.8. The number of benzene rings is 1. The molecule has 0 aliphatic rings. The van der Waals surface area contributed by atoms with Crippen LogP contribution in [0.15, 0.2) is 23.1 Å². The van der Waals surface area contributed by atoms with Crippen LogP contribution in [-0.2, 0) is 10.0 Å². The molecule has 3 N–H and O–H groups in total. The maximum atomic E-state index is 11.9. The normalized spacial score (nSPS) is 10.8. The van der Waals surface area contributed by atoms with Gasteiger partial charge < -0.3 is 5.73 Å². The number of halogens is 1. The van der Waals surface area contributed by atoms with Crippen LogP contribution in [0.2, 0.25) is 0 Å². The van der Waals surface area contributed by atoms with Gasteiger partial charge >= 0.3 is 0 Å². The summed E-state index contributed by atoms with van der Waals surface area (Å²) in [6, 6.07) is 3.74. The maximum absolute atomic E-state index is 11.9. The fourth-order valence-electron chi connectivity index (χ4n) is 1.38. The minimum absolute atomic E-state index is 0. The van der Waals surface area contributed by atoms with E-state index in [1.54, 1.807) is 6.92 Å². The van der Waals surface area contributed by atoms with Gasteiger partial charge in [0.25, 0.3) is 5.69 Å². The SMILES string of the molecule is Cc1ccc([N+](=O)[O-])cc1S(=O)(=O)NCCCN.Cl. The van der Waals surface area contributed by atoms with Crippen LogP contribution in [0.5, 0.6) is 0 Å². The first-order chi connectivity index (χ1) is 8.38. The lowest BCUT2D eigenvalue weighted by Gasteiger charge is -2.08. The highest BCUT2D eigenvalue weighted by Crippen LogP contribution is 2.21. The summed E-state index contributed by atoms with van der Waals surface area (Å²) in [7, 11) is -3.73. The number of nitro benzene ring substituents is 1. The first-order valence-electron chi connectivity index (χ1n) is 5.33. The summed E-state index contributed by atoms with van der Waals surface area (Å²) in [4.78, 5) is 9.92. The number of hydrogen-bond donors (Lipinski definition) is 2. The third-order valence-corrected chi connectivity index (χ3v) is 3.95. The van der Waals surface area contributed by atoms with Crippen LogP contribution in [0.1, 0.15) is 12.0 Å². The van der Waals surface area contributed by atoms with E-state index >= 15 is 0 Å². The van der Waals surface area contributed by atoms with Gasteiger partial charge in [-0.15, -0.1) is 12.4 Å². The summed E-state index contributed by atoms with van der Waals surface area (Å²) >= 11 is 0. The molecule has 0 aliphatic heterocycles. The van der Waals surface area contributed by atoms with Crippen molar-refractivity contribution in [2.24, 2.45) is 5.73 Å². The molecule has 0 amide bonds. The van der Waals surface area contributed by atoms with Crippen molar-refractivity contribution in [3.8, 4) is 0 Å². The molecule has 1 aromatic rings. The van der Waals surface area contributed by atoms with Crippen LogP contribution < -0.4 is 10.5 Å². The molecule has 0 spiro atoms. The van der Waals surface area contributed by atoms with Gasteiger partial charge in [-0.2, -0.15) is 0 Å². The Balaban J connectivity index is 0.00000324. The third-order valence-electron chi connectivity index (χ3n) is 2.35. The monoisotopic (exact) mass is 309 g/mol. The molecule has 0 aliphatic carbocycles. The predicted octanol–water partition coefficient (Wildman–Crippen LogP) is 0.952. The molecule has 19 heavy (non-hydrogen) atoms. The average Bonchev–Trinajstić information content (AvgIpc) is 2.29. The minimum atomic E-state index is -3.73. The Morgan fingerprint density at radius 2 is 2.05 bits per heavy atom. The minimum Gasteiger partial charge on any atom is -0.330 e. The highest BCUT2D eigenvalue weighted by atomic mass is 35.5. The molecule has 0 radical (unpaired) electrons. The highest BCUT2D eigenvalue weighted by Gasteiger charge is 2.19. The molecule has 1 aromatic carbocycles. The number of aryl methyl sites for hydroxylation is 1. The van der Waals surface area contributed by atoms with Crippen molar-refractivity contribution in [3.05, 3.63) is 33.9 Å². The summed E-state index contributed by atoms with van der Waals surface area (Å²) in [5.74, 6) is 0. The molecule has 0 bridgehead atoms. The van der Waals surface area contributed by atoms with Crippen molar-refractivity contribution in [1.29, 1.82) is 0 Å². The van der Waals surface area contributed by atoms with E-state index in [-0.39, 0.29) is 29.5 Å². The summed E-state index contributed by atoms with van der Waals surface area (Å²) in [5.41, 5.74) is 5.48. The molecule has 1 rings (SSSR count). The largest absolute Gasteiger partial charge is 0.330 e. The molecule has 0 heterocycles. The smallest absolute Gasteiger partial charge is 0.270 e. The Morgan fingerprint density at radius 1 is 1.42 bits per heavy atom. The van der Waals surface area contributed by atoms with E-state index in [0.717, 1.165) is 6.07 Å². The van der Waals surface area contributed by atoms with E-state index in [9.17, 15) is 18.5 Å². The van der Waals surface area contributed by atoms with Gasteiger partial charge in [0.15, 0.2) is 0 Å². The van der Waals surface area contributed by atoms with Crippen LogP contribution in [0.3, 0.4) is 0 Å². The lowest BCUT2D eigenvalue weighted by Crippen LogP contribution is -2.26. The Labute approximate surface area is 117 Å². The standard InChI is InChI=1S/C10H15N3O4S.ClH/c1-8-3-4-9(13(14)15)7-10(8)18(16,17)12-6-2-5-11;/h3-4,7,12H,2,5-6,11H2,1H3;1H. The van der Waals surface area contributed by atoms with Crippen molar-refractivity contribution in [2.45, 2.75) is 18.2 Å². The van der Waals surface area contributed by atoms with Crippen LogP contribution >= 0.6 is 12.4 Å². The first-order valence-corrected chi connectivity index (χ1v) is 6.81. The zero-order valence-electron chi connectivity index (χ0n) is 10.3. The summed E-state index contributed by atoms with van der Waals surface area (Å²) in [5, 5.41) is 10.6. The van der Waals surface area contributed by atoms with Gasteiger partial charge in [0.2, 0.25) is 10.0 Å². The Bertz CT molecular complexity index is 548. The highest BCUT2D eigenvalue weighted by molar-refractivity contribution is 7.89. The third kappa shape index (κ3) is 4.75. The van der Waals surface area contributed by atoms with Gasteiger partial charge in [0, 0.05) is 18.7 Å². The van der Waals surface area contributed by atoms with Crippen molar-refractivity contribution >= 4 is 28.1 Å². The van der Waals surface area contributed by atoms with Crippen LogP contribution in [0.25, 0.3) is 0 Å². The number of nitrogens with one attached hydrogen (secondary N) is 1. The number of non-ortho nitro benzene ring substituents is 1. The Kier molecular flexibility index (Phi) is 6.91. The zero-order valence-corrected chi connectivity index (χ0v) is 12.0. The molecular weight excluding hydrogens is 294 g/mol. The van der Waals surface area contributed by atoms with E-state index in [1.807, 2.05) is 0 Å². The molecule has 9 heteroatoms. The fourth-order valence-corrected chi connectivity index (χ4v) is 2.71. The number of nitro groups is 1. The second kappa shape index (κ2) is 7.39. The summed E-state index contributed by atoms with van der Waals surface area (Å²) in [6.07, 6.45) is 0.507. The molecule has 0 fully saturated rings. The van der Waals surface area contributed by atoms with Gasteiger partial charge in [0.05, 0.1) is 9.82 Å². The second-order valence-corrected chi connectivity index (χ2v) is 5.48. The predicted molar refractivity (Wildman–Crippen MR) is 73.9 cm³/mol. The van der Waals surface area contributed by atoms with Gasteiger partial charge in [-0.1, -0.05) is 6.07 Å². The summed E-state index contributed by atoms with van der Waals surface area (Å²) < 4.78 is 26.2. The van der Waals surface area contributed by atoms with Gasteiger partial charge in [0.1, 0.15) is 0 Å². The number of nitrogens with zero attached hydrogens (tertiary/aromatic N) is 1. The first kappa shape index (κ1) is 17.8. The lowest BCUT2D eigenvalue weighted by atomic mass is 10.2. The van der Waals surface area contributed by atoms with E-state index < -0.39 is 14.9 Å². The van der Waals surface area contributed by atoms with Gasteiger partial charge in [-0.25, -0.2) is 13.1 Å². The van der Waals surface area contributed by atoms with E-state index in [1.165, 1.54) is 12.1 Å². The van der Waals surface area contributed by atoms with Crippen LogP contribution in [-0.4, -0.2) is 26.4 Å². The molecule has 0 unspecified atom stereocenters. The van der Waals surface area contributed by atoms with Crippen LogP contribution in [0.4, 0.5) is 5.69 Å². The molecule has 0 saturated carbocycles. The quantitative estimate of drug-likeness (QED) is 0.461. The van der Waals surface area contributed by atoms with Crippen LogP contribution in [0, 0.1) is 17.0 Å². The average molecular weight is 310 g/mol. The van der Waals surface area contributed by atoms with E-state index in [2.05, 4.69) is 4.72 Å². The van der Waals surface area contributed by atoms with E-state index in [0.29, 0.717) is 18.5 Å². The van der Waals surface area contributed by atoms with Crippen molar-refractivity contribution < 1.29 is 13.3 Å². The van der Waals surface area contributed by atoms with Crippen molar-refractivity contribution in [1.82, 2.24) is 4.72 Å². The second-order valence-electron chi connectivity index (χ2n) is 3.75. The number of nitrogens with two attached hydrogens (primary N) is 1. The number of rotatable bonds is 6. The van der Waals surface area contributed by atoms with Gasteiger partial charge in [-0.05, 0) is 25.5 Å². The Hall–Kier alpha value is -1.22. The van der Waals surface area contributed by atoms with Crippen molar-refractivity contribution in [3.63, 3.8) is 0 Å². The number of sulfonamides is 1. The maximum Gasteiger partial charge on any atom is 0.270 e. The molecule has 0 atom stereocenters. The Morgan fingerprint density at radius 3 is 2.58 bits per heavy atom. The van der Waals surface area contributed by atoms with Gasteiger partial charge in [-0.3, -0.25) is 10.1 Å². The summed E-state index contributed by atoms with van der Waals surface area (Å²) in [6.45, 7) is 2.17. The molecular formula is C10H16ClN3O4S. The fraction of sp³-hybridized carbons (Fsp3) is 0.400. The molecule has 108 valence electrons. The lowest BCUT2D eigenvalue weighted by molar-refractivity contribution is -0.385.